The first-order chi connectivity index (χ1) is 13.8. The number of aromatic nitrogens is 4. The molecular weight excluding hydrogens is 497 g/mol. The van der Waals surface area contributed by atoms with Crippen LogP contribution in [0.1, 0.15) is 12.6 Å². The molecule has 1 aliphatic heterocycles. The molecule has 0 bridgehead atoms. The molecule has 1 aliphatic rings. The number of carbonyl (C=O) groups excluding carboxylic acids is 1. The van der Waals surface area contributed by atoms with Crippen LogP contribution in [0.15, 0.2) is 12.7 Å². The number of aliphatic hydroxyl groups is 2. The van der Waals surface area contributed by atoms with Crippen LogP contribution in [0.5, 0.6) is 0 Å². The number of nitrogens with one attached hydrogen (secondary N) is 1. The maximum atomic E-state index is 10.9. The van der Waals surface area contributed by atoms with Gasteiger partial charge in [0.2, 0.25) is 0 Å². The van der Waals surface area contributed by atoms with Crippen LogP contribution >= 0.6 is 22.6 Å². The molecule has 3 rings (SSSR count). The Kier molecular flexibility index (Phi) is 7.18. The van der Waals surface area contributed by atoms with E-state index >= 15 is 0 Å². The van der Waals surface area contributed by atoms with Gasteiger partial charge in [0, 0.05) is 4.43 Å². The lowest BCUT2D eigenvalue weighted by Gasteiger charge is -2.24. The standard InChI is InChI=1S/C16H24IN7O5/c17-2-4-23(3-1-8(18)16(27)28)5-9-11(25)12(26)15(29-9)24-7-22-10-13(19)20-6-21-14(10)24/h6-9,11-12,15,25-26H,1-5,18H2,(H,27,28)(H2,19,20,21)/p+1/t8-,9+,11?,12-,15+/m0/s1. The molecule has 3 heterocycles. The number of nitrogens with two attached hydrogens (primary N) is 1. The number of aliphatic carboxylic acids is 1. The minimum Gasteiger partial charge on any atom is -0.544 e. The van der Waals surface area contributed by atoms with Crippen molar-refractivity contribution in [3.8, 4) is 0 Å². The fourth-order valence-corrected chi connectivity index (χ4v) is 4.19. The van der Waals surface area contributed by atoms with Crippen molar-refractivity contribution in [3.63, 3.8) is 0 Å². The molecule has 13 heteroatoms. The molecule has 0 saturated carbocycles. The van der Waals surface area contributed by atoms with Crippen molar-refractivity contribution in [3.05, 3.63) is 12.7 Å². The Bertz CT molecular complexity index is 852. The van der Waals surface area contributed by atoms with Gasteiger partial charge in [-0.05, 0) is 0 Å². The van der Waals surface area contributed by atoms with Crippen LogP contribution in [0.2, 0.25) is 0 Å². The predicted molar refractivity (Wildman–Crippen MR) is 106 cm³/mol. The van der Waals surface area contributed by atoms with Crippen molar-refractivity contribution in [1.29, 1.82) is 0 Å². The predicted octanol–water partition coefficient (Wildman–Crippen LogP) is -4.90. The van der Waals surface area contributed by atoms with Gasteiger partial charge in [-0.25, -0.2) is 15.0 Å². The van der Waals surface area contributed by atoms with Crippen molar-refractivity contribution >= 4 is 45.5 Å². The van der Waals surface area contributed by atoms with Crippen LogP contribution < -0.4 is 21.5 Å². The third kappa shape index (κ3) is 4.75. The van der Waals surface area contributed by atoms with Crippen molar-refractivity contribution in [2.45, 2.75) is 37.0 Å². The zero-order valence-electron chi connectivity index (χ0n) is 15.6. The number of halogens is 1. The van der Waals surface area contributed by atoms with Gasteiger partial charge < -0.3 is 41.2 Å². The molecule has 2 aromatic heterocycles. The molecule has 0 aromatic carbocycles. The second-order valence-corrected chi connectivity index (χ2v) is 8.16. The lowest BCUT2D eigenvalue weighted by molar-refractivity contribution is -0.901. The van der Waals surface area contributed by atoms with E-state index in [1.54, 1.807) is 0 Å². The Labute approximate surface area is 180 Å². The number of carbonyl (C=O) groups is 1. The highest BCUT2D eigenvalue weighted by atomic mass is 127. The van der Waals surface area contributed by atoms with E-state index in [-0.39, 0.29) is 5.82 Å². The van der Waals surface area contributed by atoms with E-state index in [9.17, 15) is 20.1 Å². The molecular formula is C16H25IN7O5+. The summed E-state index contributed by atoms with van der Waals surface area (Å²) in [4.78, 5) is 24.2. The molecule has 0 spiro atoms. The van der Waals surface area contributed by atoms with E-state index in [4.69, 9.17) is 10.5 Å². The summed E-state index contributed by atoms with van der Waals surface area (Å²) in [6.45, 7) is 1.70. The number of aliphatic hydroxyl groups excluding tert-OH is 2. The van der Waals surface area contributed by atoms with E-state index in [1.807, 2.05) is 0 Å². The first-order valence-corrected chi connectivity index (χ1v) is 10.7. The topological polar surface area (TPSA) is 192 Å². The number of anilines is 1. The van der Waals surface area contributed by atoms with Crippen molar-refractivity contribution in [1.82, 2.24) is 19.5 Å². The van der Waals surface area contributed by atoms with Gasteiger partial charge in [-0.2, -0.15) is 0 Å². The monoisotopic (exact) mass is 522 g/mol. The third-order valence-corrected chi connectivity index (χ3v) is 5.66. The fourth-order valence-electron chi connectivity index (χ4n) is 3.43. The second-order valence-electron chi connectivity index (χ2n) is 7.08. The van der Waals surface area contributed by atoms with Crippen molar-refractivity contribution in [2.75, 3.05) is 29.8 Å². The molecule has 160 valence electrons. The number of fused-ring (bicyclic) bond motifs is 1. The number of alkyl halides is 1. The van der Waals surface area contributed by atoms with Crippen LogP contribution in [0.4, 0.5) is 5.82 Å². The van der Waals surface area contributed by atoms with E-state index in [1.165, 1.54) is 17.2 Å². The average Bonchev–Trinajstić information content (AvgIpc) is 3.23. The zero-order chi connectivity index (χ0) is 21.1. The summed E-state index contributed by atoms with van der Waals surface area (Å²) in [7, 11) is 0. The van der Waals surface area contributed by atoms with Gasteiger partial charge >= 0.3 is 0 Å². The van der Waals surface area contributed by atoms with Crippen molar-refractivity contribution < 1.29 is 35.5 Å². The lowest BCUT2D eigenvalue weighted by atomic mass is 10.1. The minimum absolute atomic E-state index is 0.214. The summed E-state index contributed by atoms with van der Waals surface area (Å²) in [5, 5.41) is 32.0. The number of ether oxygens (including phenoxy) is 1. The summed E-state index contributed by atoms with van der Waals surface area (Å²) < 4.78 is 8.34. The van der Waals surface area contributed by atoms with Gasteiger partial charge in [0.05, 0.1) is 31.8 Å². The Morgan fingerprint density at radius 2 is 2.14 bits per heavy atom. The van der Waals surface area contributed by atoms with Gasteiger partial charge in [0.1, 0.15) is 42.7 Å². The summed E-state index contributed by atoms with van der Waals surface area (Å²) in [5.41, 5.74) is 10.2. The van der Waals surface area contributed by atoms with Crippen LogP contribution in [0.3, 0.4) is 0 Å². The Hall–Kier alpha value is -1.65. The Morgan fingerprint density at radius 3 is 2.83 bits per heavy atom. The smallest absolute Gasteiger partial charge is 0.167 e. The molecule has 1 fully saturated rings. The van der Waals surface area contributed by atoms with Gasteiger partial charge in [0.15, 0.2) is 17.7 Å². The molecule has 12 nitrogen and oxygen atoms in total. The van der Waals surface area contributed by atoms with E-state index in [0.717, 1.165) is 15.9 Å². The van der Waals surface area contributed by atoms with Crippen LogP contribution in [-0.2, 0) is 9.53 Å². The lowest BCUT2D eigenvalue weighted by Crippen LogP contribution is -3.14. The molecule has 2 aromatic rings. The van der Waals surface area contributed by atoms with Gasteiger partial charge in [0.25, 0.3) is 0 Å². The highest BCUT2D eigenvalue weighted by Gasteiger charge is 2.46. The number of carboxylic acids is 1. The van der Waals surface area contributed by atoms with Crippen LogP contribution in [0, 0.1) is 0 Å². The minimum atomic E-state index is -1.18. The number of hydrogen-bond acceptors (Lipinski definition) is 9. The summed E-state index contributed by atoms with van der Waals surface area (Å²) >= 11 is 2.24. The van der Waals surface area contributed by atoms with Gasteiger partial charge in [-0.3, -0.25) is 4.57 Å². The quantitative estimate of drug-likeness (QED) is 0.159. The highest BCUT2D eigenvalue weighted by molar-refractivity contribution is 14.1. The summed E-state index contributed by atoms with van der Waals surface area (Å²) in [6, 6.07) is -0.797. The first-order valence-electron chi connectivity index (χ1n) is 9.21. The van der Waals surface area contributed by atoms with E-state index < -0.39 is 36.6 Å². The molecule has 1 saturated heterocycles. The molecule has 2 unspecified atom stereocenters. The normalized spacial score (nSPS) is 26.6. The SMILES string of the molecule is Nc1ncnc2c1ncn2[C@@H]1O[C@H](C[NH+](CCI)CC[C@H]([NH3+])C(=O)[O-])C(O)[C@@H]1O. The van der Waals surface area contributed by atoms with Crippen molar-refractivity contribution in [2.24, 2.45) is 0 Å². The van der Waals surface area contributed by atoms with Crippen LogP contribution in [-0.4, -0.2) is 84.1 Å². The largest absolute Gasteiger partial charge is 0.544 e. The highest BCUT2D eigenvalue weighted by Crippen LogP contribution is 2.31. The fraction of sp³-hybridized carbons (Fsp3) is 0.625. The number of nitrogens with zero attached hydrogens (tertiary/aromatic N) is 4. The zero-order valence-corrected chi connectivity index (χ0v) is 17.8. The first kappa shape index (κ1) is 22.0. The molecule has 8 N–H and O–H groups in total. The molecule has 29 heavy (non-hydrogen) atoms. The van der Waals surface area contributed by atoms with E-state index in [0.29, 0.717) is 30.7 Å². The number of hydrogen-bond donors (Lipinski definition) is 5. The number of nitrogen functional groups attached to an aromatic ring is 1. The third-order valence-electron chi connectivity index (χ3n) is 5.12. The molecule has 0 aliphatic carbocycles. The number of rotatable bonds is 9. The summed E-state index contributed by atoms with van der Waals surface area (Å²) in [6.07, 6.45) is -0.720. The average molecular weight is 522 g/mol. The maximum Gasteiger partial charge on any atom is 0.167 e. The Balaban J connectivity index is 1.72. The molecule has 0 radical (unpaired) electrons. The van der Waals surface area contributed by atoms with Gasteiger partial charge in [-0.1, -0.05) is 22.6 Å². The van der Waals surface area contributed by atoms with E-state index in [2.05, 4.69) is 43.3 Å². The molecule has 6 atom stereocenters. The maximum absolute atomic E-state index is 10.9. The number of quaternary nitrogens is 2. The second kappa shape index (κ2) is 9.44. The molecule has 0 amide bonds. The van der Waals surface area contributed by atoms with Crippen LogP contribution in [0.25, 0.3) is 11.2 Å². The number of imidazole rings is 1. The Morgan fingerprint density at radius 1 is 1.38 bits per heavy atom. The number of carboxylic acid groups (broad SMARTS) is 1. The van der Waals surface area contributed by atoms with Gasteiger partial charge in [-0.15, -0.1) is 0 Å². The summed E-state index contributed by atoms with van der Waals surface area (Å²) in [5.74, 6) is -0.966.